The largest absolute Gasteiger partial charge is 0.382 e. The first-order chi connectivity index (χ1) is 15.0. The van der Waals surface area contributed by atoms with Gasteiger partial charge in [-0.1, -0.05) is 12.8 Å². The second-order valence-corrected chi connectivity index (χ2v) is 9.74. The number of halogens is 1. The molecule has 1 aromatic heterocycles. The zero-order chi connectivity index (χ0) is 21.8. The van der Waals surface area contributed by atoms with Gasteiger partial charge in [0.2, 0.25) is 5.91 Å². The molecular formula is C22H30FN5O2S. The third-order valence-corrected chi connectivity index (χ3v) is 7.55. The van der Waals surface area contributed by atoms with Crippen molar-refractivity contribution in [2.24, 2.45) is 0 Å². The topological polar surface area (TPSA) is 90.1 Å². The molecule has 0 unspecified atom stereocenters. The maximum Gasteiger partial charge on any atom is 0.261 e. The van der Waals surface area contributed by atoms with Crippen molar-refractivity contribution in [3.8, 4) is 0 Å². The molecule has 0 atom stereocenters. The lowest BCUT2D eigenvalue weighted by molar-refractivity contribution is -0.121. The highest BCUT2D eigenvalue weighted by Gasteiger charge is 2.22. The van der Waals surface area contributed by atoms with Gasteiger partial charge in [-0.3, -0.25) is 14.5 Å². The molecule has 1 saturated carbocycles. The number of hydrogen-bond donors (Lipinski definition) is 3. The summed E-state index contributed by atoms with van der Waals surface area (Å²) < 4.78 is 14.6. The smallest absolute Gasteiger partial charge is 0.261 e. The first-order valence-electron chi connectivity index (χ1n) is 11.1. The number of hydrogen-bond acceptors (Lipinski definition) is 6. The Bertz CT molecular complexity index is 984. The molecule has 0 bridgehead atoms. The van der Waals surface area contributed by atoms with Crippen LogP contribution in [0.25, 0.3) is 10.9 Å². The van der Waals surface area contributed by atoms with Crippen molar-refractivity contribution in [3.63, 3.8) is 0 Å². The Kier molecular flexibility index (Phi) is 7.12. The number of fused-ring (bicyclic) bond motifs is 1. The number of nitrogens with zero attached hydrogens (tertiary/aromatic N) is 2. The number of amides is 1. The molecule has 0 radical (unpaired) electrons. The standard InChI is InChI=1S/C22H30FN5O2S/c1-24-20(29)12-28-8-6-16(7-9-28)31-13-19-26-18-11-15(25-14-4-2-3-5-14)10-17(23)21(18)22(30)27-19/h10-11,14,16,25H,2-9,12-13H2,1H3,(H,24,29)(H,26,27,30). The summed E-state index contributed by atoms with van der Waals surface area (Å²) in [5.41, 5.74) is 0.670. The van der Waals surface area contributed by atoms with E-state index in [0.29, 0.717) is 40.6 Å². The van der Waals surface area contributed by atoms with Crippen molar-refractivity contribution < 1.29 is 9.18 Å². The molecule has 168 valence electrons. The molecule has 2 aliphatic rings. The highest BCUT2D eigenvalue weighted by atomic mass is 32.2. The van der Waals surface area contributed by atoms with Gasteiger partial charge in [-0.25, -0.2) is 9.37 Å². The summed E-state index contributed by atoms with van der Waals surface area (Å²) in [4.78, 5) is 33.5. The van der Waals surface area contributed by atoms with Crippen molar-refractivity contribution in [1.29, 1.82) is 0 Å². The normalized spacial score (nSPS) is 18.5. The van der Waals surface area contributed by atoms with Crippen LogP contribution < -0.4 is 16.2 Å². The summed E-state index contributed by atoms with van der Waals surface area (Å²) in [5.74, 6) is 0.660. The molecule has 3 N–H and O–H groups in total. The Labute approximate surface area is 185 Å². The Morgan fingerprint density at radius 2 is 2.00 bits per heavy atom. The number of benzene rings is 1. The van der Waals surface area contributed by atoms with Crippen LogP contribution in [0.3, 0.4) is 0 Å². The molecule has 4 rings (SSSR count). The van der Waals surface area contributed by atoms with E-state index in [1.807, 2.05) is 0 Å². The average molecular weight is 448 g/mol. The van der Waals surface area contributed by atoms with Gasteiger partial charge in [0.1, 0.15) is 17.0 Å². The average Bonchev–Trinajstić information content (AvgIpc) is 3.25. The van der Waals surface area contributed by atoms with Crippen LogP contribution in [0.1, 0.15) is 44.3 Å². The van der Waals surface area contributed by atoms with E-state index in [9.17, 15) is 14.0 Å². The van der Waals surface area contributed by atoms with Crippen molar-refractivity contribution in [3.05, 3.63) is 34.1 Å². The van der Waals surface area contributed by atoms with Gasteiger partial charge in [-0.15, -0.1) is 0 Å². The number of H-pyrrole nitrogens is 1. The molecule has 7 nitrogen and oxygen atoms in total. The summed E-state index contributed by atoms with van der Waals surface area (Å²) in [6, 6.07) is 3.55. The van der Waals surface area contributed by atoms with Crippen molar-refractivity contribution >= 4 is 34.3 Å². The Morgan fingerprint density at radius 3 is 2.71 bits per heavy atom. The van der Waals surface area contributed by atoms with Gasteiger partial charge in [0.25, 0.3) is 5.56 Å². The van der Waals surface area contributed by atoms with Crippen LogP contribution in [0.5, 0.6) is 0 Å². The number of likely N-dealkylation sites (tertiary alicyclic amines) is 1. The fraction of sp³-hybridized carbons (Fsp3) is 0.591. The van der Waals surface area contributed by atoms with E-state index < -0.39 is 11.4 Å². The molecule has 0 spiro atoms. The molecule has 1 amide bonds. The van der Waals surface area contributed by atoms with E-state index in [0.717, 1.165) is 38.8 Å². The summed E-state index contributed by atoms with van der Waals surface area (Å²) >= 11 is 1.76. The van der Waals surface area contributed by atoms with Gasteiger partial charge in [-0.05, 0) is 50.9 Å². The number of carbonyl (C=O) groups is 1. The molecule has 1 aliphatic heterocycles. The fourth-order valence-electron chi connectivity index (χ4n) is 4.44. The quantitative estimate of drug-likeness (QED) is 0.605. The number of anilines is 1. The maximum atomic E-state index is 14.6. The van der Waals surface area contributed by atoms with Gasteiger partial charge >= 0.3 is 0 Å². The van der Waals surface area contributed by atoms with Gasteiger partial charge in [0.15, 0.2) is 0 Å². The minimum Gasteiger partial charge on any atom is -0.382 e. The van der Waals surface area contributed by atoms with E-state index in [-0.39, 0.29) is 11.3 Å². The van der Waals surface area contributed by atoms with Gasteiger partial charge in [0, 0.05) is 24.0 Å². The molecule has 1 saturated heterocycles. The number of aromatic amines is 1. The number of rotatable bonds is 7. The predicted octanol–water partition coefficient (Wildman–Crippen LogP) is 2.86. The van der Waals surface area contributed by atoms with Crippen molar-refractivity contribution in [2.45, 2.75) is 55.6 Å². The molecule has 2 aromatic rings. The summed E-state index contributed by atoms with van der Waals surface area (Å²) in [5, 5.41) is 6.52. The Hall–Kier alpha value is -2.13. The van der Waals surface area contributed by atoms with Gasteiger partial charge in [-0.2, -0.15) is 11.8 Å². The van der Waals surface area contributed by atoms with E-state index in [1.54, 1.807) is 24.9 Å². The molecule has 1 aliphatic carbocycles. The van der Waals surface area contributed by atoms with Crippen LogP contribution in [-0.4, -0.2) is 58.7 Å². The highest BCUT2D eigenvalue weighted by molar-refractivity contribution is 7.99. The van der Waals surface area contributed by atoms with Crippen LogP contribution >= 0.6 is 11.8 Å². The van der Waals surface area contributed by atoms with E-state index in [1.165, 1.54) is 18.9 Å². The fourth-order valence-corrected chi connectivity index (χ4v) is 5.52. The summed E-state index contributed by atoms with van der Waals surface area (Å²) in [6.07, 6.45) is 6.54. The Morgan fingerprint density at radius 1 is 1.26 bits per heavy atom. The van der Waals surface area contributed by atoms with Crippen molar-refractivity contribution in [2.75, 3.05) is 32.0 Å². The lowest BCUT2D eigenvalue weighted by Gasteiger charge is -2.30. The van der Waals surface area contributed by atoms with Gasteiger partial charge < -0.3 is 15.6 Å². The molecular weight excluding hydrogens is 417 g/mol. The maximum absolute atomic E-state index is 14.6. The minimum absolute atomic E-state index is 0.0215. The Balaban J connectivity index is 1.40. The number of thioether (sulfide) groups is 1. The lowest BCUT2D eigenvalue weighted by Crippen LogP contribution is -2.41. The number of likely N-dealkylation sites (N-methyl/N-ethyl adjacent to an activating group) is 1. The molecule has 2 heterocycles. The minimum atomic E-state index is -0.533. The first kappa shape index (κ1) is 22.1. The number of piperidine rings is 1. The number of nitrogens with one attached hydrogen (secondary N) is 3. The van der Waals surface area contributed by atoms with Gasteiger partial charge in [0.05, 0.1) is 17.8 Å². The zero-order valence-electron chi connectivity index (χ0n) is 17.9. The van der Waals surface area contributed by atoms with E-state index in [4.69, 9.17) is 0 Å². The monoisotopic (exact) mass is 447 g/mol. The highest BCUT2D eigenvalue weighted by Crippen LogP contribution is 2.27. The number of aromatic nitrogens is 2. The van der Waals surface area contributed by atoms with Crippen LogP contribution in [0.4, 0.5) is 10.1 Å². The number of carbonyl (C=O) groups excluding carboxylic acids is 1. The first-order valence-corrected chi connectivity index (χ1v) is 12.1. The third kappa shape index (κ3) is 5.57. The molecule has 31 heavy (non-hydrogen) atoms. The van der Waals surface area contributed by atoms with Crippen molar-refractivity contribution in [1.82, 2.24) is 20.2 Å². The SMILES string of the molecule is CNC(=O)CN1CCC(SCc2nc3cc(NC4CCCC4)cc(F)c3c(=O)[nH]2)CC1. The summed E-state index contributed by atoms with van der Waals surface area (Å²) in [7, 11) is 1.65. The second kappa shape index (κ2) is 9.99. The van der Waals surface area contributed by atoms with Crippen LogP contribution in [0, 0.1) is 5.82 Å². The predicted molar refractivity (Wildman–Crippen MR) is 123 cm³/mol. The van der Waals surface area contributed by atoms with Crippen LogP contribution in [-0.2, 0) is 10.5 Å². The second-order valence-electron chi connectivity index (χ2n) is 8.45. The molecule has 1 aromatic carbocycles. The van der Waals surface area contributed by atoms with E-state index in [2.05, 4.69) is 25.5 Å². The molecule has 9 heteroatoms. The zero-order valence-corrected chi connectivity index (χ0v) is 18.7. The lowest BCUT2D eigenvalue weighted by atomic mass is 10.1. The van der Waals surface area contributed by atoms with E-state index >= 15 is 0 Å². The van der Waals surface area contributed by atoms with Crippen LogP contribution in [0.15, 0.2) is 16.9 Å². The third-order valence-electron chi connectivity index (χ3n) is 6.17. The summed E-state index contributed by atoms with van der Waals surface area (Å²) in [6.45, 7) is 2.21. The molecule has 2 fully saturated rings. The van der Waals surface area contributed by atoms with Crippen LogP contribution in [0.2, 0.25) is 0 Å².